The third kappa shape index (κ3) is 5.55. The Morgan fingerprint density at radius 2 is 1.88 bits per heavy atom. The number of hydrogen-bond donors (Lipinski definition) is 1. The van der Waals surface area contributed by atoms with E-state index in [1.165, 1.54) is 0 Å². The van der Waals surface area contributed by atoms with E-state index in [0.29, 0.717) is 5.56 Å². The molecule has 0 aliphatic heterocycles. The molecule has 7 heteroatoms. The maximum absolute atomic E-state index is 11.4. The topological polar surface area (TPSA) is 65.2 Å². The van der Waals surface area contributed by atoms with E-state index in [1.54, 1.807) is 26.0 Å². The smallest absolute Gasteiger partial charge is 0.325 e. The molecule has 1 heterocycles. The number of carbonyl (C=O) groups is 1. The van der Waals surface area contributed by atoms with Gasteiger partial charge in [0.05, 0.1) is 0 Å². The summed E-state index contributed by atoms with van der Waals surface area (Å²) < 4.78 is 4.99. The molecule has 1 rings (SSSR count). The normalized spacial score (nSPS) is 10.6. The molecule has 0 saturated heterocycles. The average molecular weight is 300 g/mol. The number of esters is 1. The molecule has 0 amide bonds. The van der Waals surface area contributed by atoms with Crippen molar-refractivity contribution in [3.05, 3.63) is 28.0 Å². The van der Waals surface area contributed by atoms with E-state index in [4.69, 9.17) is 33.7 Å². The first-order valence-electron chi connectivity index (χ1n) is 4.57. The van der Waals surface area contributed by atoms with Crippen molar-refractivity contribution in [3.8, 4) is 0 Å². The zero-order valence-electron chi connectivity index (χ0n) is 9.37. The number of hydrogen-bond acceptors (Lipinski definition) is 4. The average Bonchev–Trinajstić information content (AvgIpc) is 2.11. The number of rotatable bonds is 3. The van der Waals surface area contributed by atoms with Crippen molar-refractivity contribution in [2.24, 2.45) is 5.73 Å². The molecule has 1 aromatic heterocycles. The summed E-state index contributed by atoms with van der Waals surface area (Å²) in [7, 11) is 0. The largest absolute Gasteiger partial charge is 0.459 e. The molecular formula is C10H13Cl3N2O2. The molecule has 0 aliphatic carbocycles. The monoisotopic (exact) mass is 298 g/mol. The fraction of sp³-hybridized carbons (Fsp3) is 0.400. The minimum Gasteiger partial charge on any atom is -0.459 e. The third-order valence-corrected chi connectivity index (χ3v) is 2.11. The Kier molecular flexibility index (Phi) is 6.19. The lowest BCUT2D eigenvalue weighted by Crippen LogP contribution is -2.42. The van der Waals surface area contributed by atoms with Crippen molar-refractivity contribution in [3.63, 3.8) is 0 Å². The zero-order chi connectivity index (χ0) is 12.3. The van der Waals surface area contributed by atoms with Crippen molar-refractivity contribution < 1.29 is 9.53 Å². The van der Waals surface area contributed by atoms with Gasteiger partial charge in [0, 0.05) is 0 Å². The second-order valence-corrected chi connectivity index (χ2v) is 4.69. The summed E-state index contributed by atoms with van der Waals surface area (Å²) in [6.07, 6.45) is 0. The summed E-state index contributed by atoms with van der Waals surface area (Å²) in [4.78, 5) is 15.2. The standard InChI is InChI=1S/C10H12Cl2N2O2.ClH/c1-10(2,13)9(15)16-5-6-3-7(11)14-8(12)4-6;/h3-4H,5,13H2,1-2H3;1H. The molecule has 0 bridgehead atoms. The van der Waals surface area contributed by atoms with Gasteiger partial charge in [-0.1, -0.05) is 23.2 Å². The number of ether oxygens (including phenoxy) is 1. The Hall–Kier alpha value is -0.550. The summed E-state index contributed by atoms with van der Waals surface area (Å²) in [6, 6.07) is 3.15. The fourth-order valence-corrected chi connectivity index (χ4v) is 1.44. The van der Waals surface area contributed by atoms with Crippen LogP contribution in [0.3, 0.4) is 0 Å². The van der Waals surface area contributed by atoms with Crippen LogP contribution in [0.1, 0.15) is 19.4 Å². The Balaban J connectivity index is 0.00000256. The molecule has 2 N–H and O–H groups in total. The zero-order valence-corrected chi connectivity index (χ0v) is 11.7. The minimum atomic E-state index is -1.01. The van der Waals surface area contributed by atoms with Gasteiger partial charge in [-0.05, 0) is 31.5 Å². The highest BCUT2D eigenvalue weighted by atomic mass is 35.5. The van der Waals surface area contributed by atoms with Crippen LogP contribution in [0, 0.1) is 0 Å². The van der Waals surface area contributed by atoms with Gasteiger partial charge in [-0.3, -0.25) is 4.79 Å². The van der Waals surface area contributed by atoms with Crippen molar-refractivity contribution >= 4 is 41.6 Å². The Bertz CT molecular complexity index is 385. The van der Waals surface area contributed by atoms with Crippen molar-refractivity contribution in [2.45, 2.75) is 26.0 Å². The van der Waals surface area contributed by atoms with Crippen LogP contribution in [-0.2, 0) is 16.1 Å². The van der Waals surface area contributed by atoms with Gasteiger partial charge in [0.15, 0.2) is 0 Å². The van der Waals surface area contributed by atoms with Crippen LogP contribution in [0.4, 0.5) is 0 Å². The van der Waals surface area contributed by atoms with Crippen LogP contribution in [0.5, 0.6) is 0 Å². The molecule has 0 unspecified atom stereocenters. The molecule has 0 spiro atoms. The molecule has 1 aromatic rings. The molecule has 17 heavy (non-hydrogen) atoms. The van der Waals surface area contributed by atoms with E-state index in [2.05, 4.69) is 4.98 Å². The molecule has 0 fully saturated rings. The molecule has 0 aromatic carbocycles. The first-order valence-corrected chi connectivity index (χ1v) is 5.32. The predicted molar refractivity (Wildman–Crippen MR) is 69.6 cm³/mol. The number of aromatic nitrogens is 1. The molecule has 96 valence electrons. The summed E-state index contributed by atoms with van der Waals surface area (Å²) >= 11 is 11.4. The molecule has 0 atom stereocenters. The summed E-state index contributed by atoms with van der Waals surface area (Å²) in [6.45, 7) is 3.21. The maximum Gasteiger partial charge on any atom is 0.325 e. The van der Waals surface area contributed by atoms with E-state index in [1.807, 2.05) is 0 Å². The van der Waals surface area contributed by atoms with Crippen molar-refractivity contribution in [1.82, 2.24) is 4.98 Å². The van der Waals surface area contributed by atoms with Gasteiger partial charge in [-0.15, -0.1) is 12.4 Å². The quantitative estimate of drug-likeness (QED) is 0.688. The van der Waals surface area contributed by atoms with Crippen LogP contribution < -0.4 is 5.73 Å². The first kappa shape index (κ1) is 16.4. The van der Waals surface area contributed by atoms with Gasteiger partial charge in [0.2, 0.25) is 0 Å². The molecule has 4 nitrogen and oxygen atoms in total. The minimum absolute atomic E-state index is 0. The lowest BCUT2D eigenvalue weighted by molar-refractivity contribution is -0.150. The summed E-state index contributed by atoms with van der Waals surface area (Å²) in [5.74, 6) is -0.489. The molecule has 0 aliphatic rings. The van der Waals surface area contributed by atoms with Gasteiger partial charge in [-0.25, -0.2) is 4.98 Å². The third-order valence-electron chi connectivity index (χ3n) is 1.72. The van der Waals surface area contributed by atoms with Crippen LogP contribution in [0.2, 0.25) is 10.3 Å². The second-order valence-electron chi connectivity index (χ2n) is 3.92. The summed E-state index contributed by atoms with van der Waals surface area (Å²) in [5, 5.41) is 0.510. The van der Waals surface area contributed by atoms with Crippen LogP contribution in [-0.4, -0.2) is 16.5 Å². The van der Waals surface area contributed by atoms with E-state index in [9.17, 15) is 4.79 Å². The van der Waals surface area contributed by atoms with Gasteiger partial charge >= 0.3 is 5.97 Å². The highest BCUT2D eigenvalue weighted by molar-refractivity contribution is 6.32. The highest BCUT2D eigenvalue weighted by Crippen LogP contribution is 2.15. The van der Waals surface area contributed by atoms with E-state index >= 15 is 0 Å². The number of pyridine rings is 1. The van der Waals surface area contributed by atoms with E-state index in [-0.39, 0.29) is 29.3 Å². The van der Waals surface area contributed by atoms with Gasteiger partial charge in [0.1, 0.15) is 22.5 Å². The summed E-state index contributed by atoms with van der Waals surface area (Å²) in [5.41, 5.74) is 5.22. The SMILES string of the molecule is CC(C)(N)C(=O)OCc1cc(Cl)nc(Cl)c1.Cl. The Labute approximate surface area is 116 Å². The molecular weight excluding hydrogens is 286 g/mol. The fourth-order valence-electron chi connectivity index (χ4n) is 0.932. The lowest BCUT2D eigenvalue weighted by atomic mass is 10.1. The van der Waals surface area contributed by atoms with Gasteiger partial charge in [-0.2, -0.15) is 0 Å². The van der Waals surface area contributed by atoms with Crippen molar-refractivity contribution in [1.29, 1.82) is 0 Å². The molecule has 0 saturated carbocycles. The Morgan fingerprint density at radius 1 is 1.41 bits per heavy atom. The van der Waals surface area contributed by atoms with E-state index < -0.39 is 11.5 Å². The van der Waals surface area contributed by atoms with Crippen LogP contribution >= 0.6 is 35.6 Å². The first-order chi connectivity index (χ1) is 7.29. The Morgan fingerprint density at radius 3 is 2.29 bits per heavy atom. The molecule has 0 radical (unpaired) electrons. The van der Waals surface area contributed by atoms with Gasteiger partial charge < -0.3 is 10.5 Å². The second kappa shape index (κ2) is 6.40. The number of nitrogens with zero attached hydrogens (tertiary/aromatic N) is 1. The van der Waals surface area contributed by atoms with E-state index in [0.717, 1.165) is 0 Å². The highest BCUT2D eigenvalue weighted by Gasteiger charge is 2.23. The van der Waals surface area contributed by atoms with Crippen LogP contribution in [0.25, 0.3) is 0 Å². The number of halogens is 3. The lowest BCUT2D eigenvalue weighted by Gasteiger charge is -2.16. The van der Waals surface area contributed by atoms with Crippen molar-refractivity contribution in [2.75, 3.05) is 0 Å². The predicted octanol–water partition coefficient (Wildman–Crippen LogP) is 2.59. The number of nitrogens with two attached hydrogens (primary N) is 1. The van der Waals surface area contributed by atoms with Gasteiger partial charge in [0.25, 0.3) is 0 Å². The maximum atomic E-state index is 11.4. The van der Waals surface area contributed by atoms with Crippen LogP contribution in [0.15, 0.2) is 12.1 Å². The number of carbonyl (C=O) groups excluding carboxylic acids is 1.